The van der Waals surface area contributed by atoms with Gasteiger partial charge in [-0.15, -0.1) is 0 Å². The third kappa shape index (κ3) is 5.88. The highest BCUT2D eigenvalue weighted by Crippen LogP contribution is 2.26. The van der Waals surface area contributed by atoms with Crippen LogP contribution in [0.4, 0.5) is 4.39 Å². The van der Waals surface area contributed by atoms with Gasteiger partial charge in [-0.25, -0.2) is 4.39 Å². The van der Waals surface area contributed by atoms with E-state index in [2.05, 4.69) is 24.1 Å². The average Bonchev–Trinajstić information content (AvgIpc) is 2.41. The molecule has 0 saturated heterocycles. The molecule has 0 saturated carbocycles. The minimum atomic E-state index is -0.251. The molecule has 1 rings (SSSR count). The van der Waals surface area contributed by atoms with Gasteiger partial charge in [0.2, 0.25) is 0 Å². The number of hydrogen-bond acceptors (Lipinski definition) is 3. The summed E-state index contributed by atoms with van der Waals surface area (Å²) in [5.74, 6) is 0.402. The zero-order valence-electron chi connectivity index (χ0n) is 13.1. The number of nitrogens with one attached hydrogen (secondary N) is 1. The van der Waals surface area contributed by atoms with Crippen LogP contribution in [0, 0.1) is 5.82 Å². The van der Waals surface area contributed by atoms with E-state index < -0.39 is 0 Å². The van der Waals surface area contributed by atoms with Crippen molar-refractivity contribution in [3.8, 4) is 5.75 Å². The summed E-state index contributed by atoms with van der Waals surface area (Å²) in [5, 5.41) is 3.41. The van der Waals surface area contributed by atoms with Crippen molar-refractivity contribution in [2.45, 2.75) is 32.7 Å². The molecule has 3 nitrogen and oxygen atoms in total. The monoisotopic (exact) mass is 282 g/mol. The Balaban J connectivity index is 2.64. The zero-order chi connectivity index (χ0) is 15.0. The largest absolute Gasteiger partial charge is 0.493 e. The van der Waals surface area contributed by atoms with Gasteiger partial charge in [-0.3, -0.25) is 0 Å². The van der Waals surface area contributed by atoms with Crippen LogP contribution in [0.2, 0.25) is 0 Å². The van der Waals surface area contributed by atoms with Crippen molar-refractivity contribution in [2.75, 3.05) is 33.8 Å². The number of rotatable bonds is 9. The molecule has 0 amide bonds. The summed E-state index contributed by atoms with van der Waals surface area (Å²) >= 11 is 0. The lowest BCUT2D eigenvalue weighted by Gasteiger charge is -2.18. The number of hydrogen-bond donors (Lipinski definition) is 1. The number of halogens is 1. The van der Waals surface area contributed by atoms with Gasteiger partial charge in [-0.2, -0.15) is 0 Å². The summed E-state index contributed by atoms with van der Waals surface area (Å²) in [5.41, 5.74) is 1.02. The molecule has 1 atom stereocenters. The first kappa shape index (κ1) is 16.9. The van der Waals surface area contributed by atoms with Crippen molar-refractivity contribution in [3.63, 3.8) is 0 Å². The van der Waals surface area contributed by atoms with E-state index in [4.69, 9.17) is 4.74 Å². The van der Waals surface area contributed by atoms with E-state index in [-0.39, 0.29) is 11.9 Å². The van der Waals surface area contributed by atoms with Crippen molar-refractivity contribution in [1.82, 2.24) is 10.2 Å². The van der Waals surface area contributed by atoms with Crippen LogP contribution in [0.1, 0.15) is 38.3 Å². The Kier molecular flexibility index (Phi) is 7.55. The molecule has 1 aromatic rings. The Morgan fingerprint density at radius 3 is 2.75 bits per heavy atom. The molecule has 20 heavy (non-hydrogen) atoms. The predicted molar refractivity (Wildman–Crippen MR) is 81.8 cm³/mol. The third-order valence-electron chi connectivity index (χ3n) is 3.15. The molecule has 0 aliphatic carbocycles. The summed E-state index contributed by atoms with van der Waals surface area (Å²) in [6, 6.07) is 4.95. The molecule has 1 N–H and O–H groups in total. The molecular formula is C16H27FN2O. The van der Waals surface area contributed by atoms with Crippen LogP contribution in [-0.2, 0) is 0 Å². The zero-order valence-corrected chi connectivity index (χ0v) is 13.1. The van der Waals surface area contributed by atoms with E-state index in [1.165, 1.54) is 12.1 Å². The maximum absolute atomic E-state index is 13.4. The lowest BCUT2D eigenvalue weighted by atomic mass is 10.1. The van der Waals surface area contributed by atoms with E-state index in [0.717, 1.165) is 31.5 Å². The summed E-state index contributed by atoms with van der Waals surface area (Å²) in [6.07, 6.45) is 2.00. The molecule has 0 aliphatic rings. The molecular weight excluding hydrogens is 255 g/mol. The van der Waals surface area contributed by atoms with Crippen LogP contribution in [0.15, 0.2) is 18.2 Å². The summed E-state index contributed by atoms with van der Waals surface area (Å²) in [7, 11) is 4.06. The van der Waals surface area contributed by atoms with Gasteiger partial charge in [0.05, 0.1) is 6.61 Å². The van der Waals surface area contributed by atoms with E-state index in [9.17, 15) is 4.39 Å². The van der Waals surface area contributed by atoms with Crippen molar-refractivity contribution in [1.29, 1.82) is 0 Å². The molecule has 1 unspecified atom stereocenters. The van der Waals surface area contributed by atoms with Crippen molar-refractivity contribution in [3.05, 3.63) is 29.6 Å². The fourth-order valence-electron chi connectivity index (χ4n) is 2.02. The second-order valence-electron chi connectivity index (χ2n) is 5.36. The van der Waals surface area contributed by atoms with Crippen LogP contribution in [0.5, 0.6) is 5.75 Å². The maximum Gasteiger partial charge on any atom is 0.126 e. The highest BCUT2D eigenvalue weighted by atomic mass is 19.1. The second kappa shape index (κ2) is 8.93. The normalized spacial score (nSPS) is 12.7. The summed E-state index contributed by atoms with van der Waals surface area (Å²) in [4.78, 5) is 2.11. The van der Waals surface area contributed by atoms with Gasteiger partial charge in [0.25, 0.3) is 0 Å². The summed E-state index contributed by atoms with van der Waals surface area (Å²) in [6.45, 7) is 6.72. The van der Waals surface area contributed by atoms with E-state index in [1.807, 2.05) is 20.2 Å². The first-order chi connectivity index (χ1) is 9.54. The lowest BCUT2D eigenvalue weighted by Crippen LogP contribution is -2.20. The van der Waals surface area contributed by atoms with E-state index >= 15 is 0 Å². The lowest BCUT2D eigenvalue weighted by molar-refractivity contribution is 0.276. The van der Waals surface area contributed by atoms with Crippen LogP contribution in [0.25, 0.3) is 0 Å². The van der Waals surface area contributed by atoms with Crippen LogP contribution < -0.4 is 10.1 Å². The first-order valence-corrected chi connectivity index (χ1v) is 7.35. The topological polar surface area (TPSA) is 24.5 Å². The fraction of sp³-hybridized carbons (Fsp3) is 0.625. The van der Waals surface area contributed by atoms with Gasteiger partial charge in [0.15, 0.2) is 0 Å². The van der Waals surface area contributed by atoms with Crippen molar-refractivity contribution in [2.24, 2.45) is 0 Å². The number of ether oxygens (including phenoxy) is 1. The summed E-state index contributed by atoms with van der Waals surface area (Å²) < 4.78 is 19.2. The molecule has 1 aromatic carbocycles. The predicted octanol–water partition coefficient (Wildman–Crippen LogP) is 3.22. The van der Waals surface area contributed by atoms with Gasteiger partial charge in [0.1, 0.15) is 11.6 Å². The Hall–Kier alpha value is -1.13. The standard InChI is InChI=1S/C16H27FN2O/c1-5-9-18-13(2)15-8-7-14(17)12-16(15)20-11-6-10-19(3)4/h7-8,12-13,18H,5-6,9-11H2,1-4H3. The average molecular weight is 282 g/mol. The van der Waals surface area contributed by atoms with Crippen molar-refractivity contribution < 1.29 is 9.13 Å². The number of benzene rings is 1. The van der Waals surface area contributed by atoms with Gasteiger partial charge < -0.3 is 15.0 Å². The molecule has 0 bridgehead atoms. The second-order valence-corrected chi connectivity index (χ2v) is 5.36. The molecule has 0 radical (unpaired) electrons. The Labute approximate surface area is 122 Å². The number of nitrogens with zero attached hydrogens (tertiary/aromatic N) is 1. The first-order valence-electron chi connectivity index (χ1n) is 7.35. The minimum absolute atomic E-state index is 0.166. The Morgan fingerprint density at radius 2 is 2.10 bits per heavy atom. The molecule has 0 fully saturated rings. The maximum atomic E-state index is 13.4. The van der Waals surface area contributed by atoms with Crippen LogP contribution in [0.3, 0.4) is 0 Å². The van der Waals surface area contributed by atoms with Gasteiger partial charge in [-0.05, 0) is 46.5 Å². The Bertz CT molecular complexity index is 396. The minimum Gasteiger partial charge on any atom is -0.493 e. The molecule has 114 valence electrons. The molecule has 0 aromatic heterocycles. The van der Waals surface area contributed by atoms with Crippen LogP contribution >= 0.6 is 0 Å². The van der Waals surface area contributed by atoms with Crippen molar-refractivity contribution >= 4 is 0 Å². The smallest absolute Gasteiger partial charge is 0.126 e. The highest BCUT2D eigenvalue weighted by molar-refractivity contribution is 5.36. The molecule has 4 heteroatoms. The molecule has 0 spiro atoms. The third-order valence-corrected chi connectivity index (χ3v) is 3.15. The molecule has 0 aliphatic heterocycles. The van der Waals surface area contributed by atoms with Gasteiger partial charge in [-0.1, -0.05) is 13.0 Å². The van der Waals surface area contributed by atoms with Gasteiger partial charge in [0, 0.05) is 24.2 Å². The van der Waals surface area contributed by atoms with E-state index in [0.29, 0.717) is 12.4 Å². The quantitative estimate of drug-likeness (QED) is 0.704. The van der Waals surface area contributed by atoms with Gasteiger partial charge >= 0.3 is 0 Å². The fourth-order valence-corrected chi connectivity index (χ4v) is 2.02. The molecule has 0 heterocycles. The van der Waals surface area contributed by atoms with E-state index in [1.54, 1.807) is 0 Å². The highest BCUT2D eigenvalue weighted by Gasteiger charge is 2.12. The Morgan fingerprint density at radius 1 is 1.35 bits per heavy atom. The SMILES string of the molecule is CCCNC(C)c1ccc(F)cc1OCCCN(C)C. The van der Waals surface area contributed by atoms with Crippen LogP contribution in [-0.4, -0.2) is 38.7 Å².